The number of H-pyrrole nitrogens is 1. The number of aliphatic imine (C=N–C) groups is 2. The van der Waals surface area contributed by atoms with Crippen LogP contribution in [0, 0.1) is 5.95 Å². The molecule has 0 spiro atoms. The van der Waals surface area contributed by atoms with Crippen LogP contribution in [-0.4, -0.2) is 82.1 Å². The van der Waals surface area contributed by atoms with Crippen LogP contribution in [0.2, 0.25) is 0 Å². The molecule has 2 fully saturated rings. The topological polar surface area (TPSA) is 158 Å². The minimum Gasteiger partial charge on any atom is -0.327 e. The Morgan fingerprint density at radius 1 is 1.26 bits per heavy atom. The summed E-state index contributed by atoms with van der Waals surface area (Å²) in [5, 5.41) is 24.3. The molecule has 3 aromatic rings. The maximum absolute atomic E-state index is 13.4. The van der Waals surface area contributed by atoms with E-state index in [1.165, 1.54) is 29.5 Å². The highest BCUT2D eigenvalue weighted by Gasteiger charge is 2.42. The lowest BCUT2D eigenvalue weighted by molar-refractivity contribution is -0.119. The molecule has 7 rings (SSSR count). The molecule has 0 bridgehead atoms. The predicted octanol–water partition coefficient (Wildman–Crippen LogP) is 1.26. The lowest BCUT2D eigenvalue weighted by Crippen LogP contribution is -2.56. The van der Waals surface area contributed by atoms with Crippen molar-refractivity contribution in [3.05, 3.63) is 54.1 Å². The number of carbonyl (C=O) groups is 1. The molecule has 3 aromatic heterocycles. The van der Waals surface area contributed by atoms with Crippen LogP contribution in [0.25, 0.3) is 0 Å². The van der Waals surface area contributed by atoms with E-state index in [2.05, 4.69) is 47.4 Å². The van der Waals surface area contributed by atoms with E-state index >= 15 is 0 Å². The number of amidine groups is 1. The summed E-state index contributed by atoms with van der Waals surface area (Å²) in [5.41, 5.74) is 5.71. The van der Waals surface area contributed by atoms with Crippen molar-refractivity contribution in [2.75, 3.05) is 18.4 Å². The van der Waals surface area contributed by atoms with Gasteiger partial charge in [0.1, 0.15) is 6.04 Å². The zero-order valence-corrected chi connectivity index (χ0v) is 20.2. The number of pyridine rings is 1. The number of hydrogen-bond acceptors (Lipinski definition) is 10. The number of likely N-dealkylation sites (tertiary alicyclic amines) is 1. The van der Waals surface area contributed by atoms with Crippen LogP contribution in [-0.2, 0) is 4.79 Å². The second kappa shape index (κ2) is 9.00. The van der Waals surface area contributed by atoms with Gasteiger partial charge in [-0.15, -0.1) is 10.2 Å². The fraction of sp³-hybridized carbons (Fsp3) is 0.391. The normalized spacial score (nSPS) is 23.8. The van der Waals surface area contributed by atoms with Crippen LogP contribution in [0.15, 0.2) is 52.5 Å². The highest BCUT2D eigenvalue weighted by atomic mass is 19.1. The lowest BCUT2D eigenvalue weighted by Gasteiger charge is -2.35. The summed E-state index contributed by atoms with van der Waals surface area (Å²) in [6, 6.07) is 3.80. The van der Waals surface area contributed by atoms with Gasteiger partial charge in [0.05, 0.1) is 23.6 Å². The number of hydrogen-bond donors (Lipinski definition) is 3. The summed E-state index contributed by atoms with van der Waals surface area (Å²) in [5.74, 6) is 1.21. The molecule has 1 saturated carbocycles. The van der Waals surface area contributed by atoms with Crippen LogP contribution >= 0.6 is 0 Å². The quantitative estimate of drug-likeness (QED) is 0.424. The van der Waals surface area contributed by atoms with Gasteiger partial charge in [-0.05, 0) is 36.6 Å². The molecule has 1 aliphatic carbocycles. The van der Waals surface area contributed by atoms with Crippen LogP contribution < -0.4 is 10.7 Å². The third kappa shape index (κ3) is 4.25. The Balaban J connectivity index is 1.21. The molecule has 3 aliphatic heterocycles. The molecule has 15 heteroatoms. The number of fused-ring (bicyclic) bond motifs is 1. The van der Waals surface area contributed by atoms with E-state index in [0.717, 1.165) is 37.2 Å². The van der Waals surface area contributed by atoms with Gasteiger partial charge in [0.25, 0.3) is 0 Å². The second-order valence-corrected chi connectivity index (χ2v) is 9.64. The first-order valence-corrected chi connectivity index (χ1v) is 12.5. The van der Waals surface area contributed by atoms with Crippen molar-refractivity contribution in [2.24, 2.45) is 9.98 Å². The Morgan fingerprint density at radius 3 is 2.97 bits per heavy atom. The van der Waals surface area contributed by atoms with E-state index in [9.17, 15) is 9.18 Å². The summed E-state index contributed by atoms with van der Waals surface area (Å²) >= 11 is 0. The first-order valence-electron chi connectivity index (χ1n) is 12.5. The summed E-state index contributed by atoms with van der Waals surface area (Å²) in [4.78, 5) is 30.1. The number of anilines is 1. The average molecular weight is 518 g/mol. The number of tetrazole rings is 1. The van der Waals surface area contributed by atoms with Gasteiger partial charge in [-0.1, -0.05) is 6.08 Å². The summed E-state index contributed by atoms with van der Waals surface area (Å²) in [6.07, 6.45) is 8.31. The number of aromatic amines is 1. The van der Waals surface area contributed by atoms with Gasteiger partial charge in [0.2, 0.25) is 17.8 Å². The van der Waals surface area contributed by atoms with Gasteiger partial charge >= 0.3 is 0 Å². The smallest absolute Gasteiger partial charge is 0.247 e. The molecule has 0 unspecified atom stereocenters. The Kier molecular flexibility index (Phi) is 5.33. The molecular formula is C23H24FN13O. The predicted molar refractivity (Wildman–Crippen MR) is 132 cm³/mol. The molecule has 6 heterocycles. The summed E-state index contributed by atoms with van der Waals surface area (Å²) in [7, 11) is 0. The van der Waals surface area contributed by atoms with Crippen molar-refractivity contribution in [3.63, 3.8) is 0 Å². The first kappa shape index (κ1) is 22.5. The van der Waals surface area contributed by atoms with Crippen molar-refractivity contribution in [1.82, 2.24) is 50.7 Å². The molecule has 1 saturated heterocycles. The van der Waals surface area contributed by atoms with E-state index in [0.29, 0.717) is 42.2 Å². The molecule has 38 heavy (non-hydrogen) atoms. The second-order valence-electron chi connectivity index (χ2n) is 9.64. The minimum absolute atomic E-state index is 0.215. The van der Waals surface area contributed by atoms with E-state index in [4.69, 9.17) is 9.98 Å². The van der Waals surface area contributed by atoms with Gasteiger partial charge in [-0.3, -0.25) is 20.3 Å². The average Bonchev–Trinajstić information content (AvgIpc) is 3.39. The number of aromatic nitrogens is 7. The van der Waals surface area contributed by atoms with Crippen LogP contribution in [0.5, 0.6) is 0 Å². The number of nitrogens with zero attached hydrogens (tertiary/aromatic N) is 10. The number of hydrazine groups is 1. The Bertz CT molecular complexity index is 1440. The third-order valence-electron chi connectivity index (χ3n) is 7.02. The summed E-state index contributed by atoms with van der Waals surface area (Å²) < 4.78 is 13.3. The molecule has 194 valence electrons. The molecule has 1 amide bonds. The maximum Gasteiger partial charge on any atom is 0.247 e. The van der Waals surface area contributed by atoms with E-state index < -0.39 is 12.0 Å². The molecule has 14 nitrogen and oxygen atoms in total. The monoisotopic (exact) mass is 517 g/mol. The number of carbonyl (C=O) groups excluding carboxylic acids is 1. The molecule has 4 aliphatic rings. The fourth-order valence-corrected chi connectivity index (χ4v) is 4.98. The number of guanidine groups is 1. The number of amides is 1. The highest BCUT2D eigenvalue weighted by molar-refractivity contribution is 6.09. The van der Waals surface area contributed by atoms with Gasteiger partial charge < -0.3 is 10.2 Å². The Hall–Kier alpha value is -4.69. The number of nitrogens with one attached hydrogen (secondary N) is 3. The molecule has 3 N–H and O–H groups in total. The molecular weight excluding hydrogens is 493 g/mol. The van der Waals surface area contributed by atoms with Gasteiger partial charge in [-0.25, -0.2) is 9.98 Å². The Morgan fingerprint density at radius 2 is 2.18 bits per heavy atom. The summed E-state index contributed by atoms with van der Waals surface area (Å²) in [6.45, 7) is 1.15. The zero-order chi connectivity index (χ0) is 25.6. The van der Waals surface area contributed by atoms with Gasteiger partial charge in [0.15, 0.2) is 18.0 Å². The van der Waals surface area contributed by atoms with Crippen molar-refractivity contribution in [1.29, 1.82) is 0 Å². The standard InChI is InChI=1S/C23H24FN13O/c24-19-6-5-14(10-25-19)28-22(38)18-8-15(37-27-12-26-34-37)11-35(18)23-30-21(17-2-1-7-36(17)33-23)29-20-9-16(31-32-20)13-3-4-13/h2,5-6,9-10,12-13,15,18H,1,3-4,7-8,11H2,(H,28,38)(H2,29,30,31,32,33)/t15-,18+/m1/s1. The van der Waals surface area contributed by atoms with Crippen LogP contribution in [0.3, 0.4) is 0 Å². The van der Waals surface area contributed by atoms with Gasteiger partial charge in [-0.2, -0.15) is 19.3 Å². The number of rotatable bonds is 5. The van der Waals surface area contributed by atoms with E-state index in [1.807, 2.05) is 16.0 Å². The van der Waals surface area contributed by atoms with Crippen molar-refractivity contribution < 1.29 is 9.18 Å². The highest BCUT2D eigenvalue weighted by Crippen LogP contribution is 2.40. The molecule has 0 radical (unpaired) electrons. The zero-order valence-electron chi connectivity index (χ0n) is 20.2. The fourth-order valence-electron chi connectivity index (χ4n) is 4.98. The Labute approximate surface area is 215 Å². The minimum atomic E-state index is -0.622. The largest absolute Gasteiger partial charge is 0.327 e. The van der Waals surface area contributed by atoms with Crippen LogP contribution in [0.1, 0.15) is 43.3 Å². The third-order valence-corrected chi connectivity index (χ3v) is 7.02. The van der Waals surface area contributed by atoms with Gasteiger partial charge in [0, 0.05) is 37.2 Å². The van der Waals surface area contributed by atoms with E-state index in [-0.39, 0.29) is 11.9 Å². The maximum atomic E-state index is 13.4. The van der Waals surface area contributed by atoms with E-state index in [1.54, 1.807) is 0 Å². The SMILES string of the molecule is O=C(Nc1ccc(F)nc1)[C@@H]1C[C@@H](n2ncnn2)CN1C1=NC(=Nc2cc(C3CC3)[nH]n2)C2=CCCN2N1. The van der Waals surface area contributed by atoms with Crippen molar-refractivity contribution in [2.45, 2.75) is 43.7 Å². The van der Waals surface area contributed by atoms with Crippen molar-refractivity contribution in [3.8, 4) is 0 Å². The molecule has 0 aromatic carbocycles. The lowest BCUT2D eigenvalue weighted by atomic mass is 10.1. The first-order chi connectivity index (χ1) is 18.6. The van der Waals surface area contributed by atoms with Crippen LogP contribution in [0.4, 0.5) is 15.9 Å². The van der Waals surface area contributed by atoms with Crippen molar-refractivity contribution >= 4 is 29.2 Å². The number of halogens is 1. The molecule has 2 atom stereocenters.